The molecule has 3 aromatic rings. The molecule has 4 heteroatoms. The fourth-order valence-electron chi connectivity index (χ4n) is 2.18. The van der Waals surface area contributed by atoms with E-state index in [-0.39, 0.29) is 5.97 Å². The predicted molar refractivity (Wildman–Crippen MR) is 85.8 cm³/mol. The summed E-state index contributed by atoms with van der Waals surface area (Å²) in [5.74, 6) is -0.210. The fourth-order valence-corrected chi connectivity index (χ4v) is 4.71. The van der Waals surface area contributed by atoms with Crippen LogP contribution in [0.5, 0.6) is 0 Å². The lowest BCUT2D eigenvalue weighted by atomic mass is 10.2. The lowest BCUT2D eigenvalue weighted by Gasteiger charge is -2.00. The second-order valence-electron chi connectivity index (χ2n) is 4.42. The van der Waals surface area contributed by atoms with Crippen LogP contribution >= 0.6 is 22.7 Å². The molecule has 0 amide bonds. The number of aryl methyl sites for hydroxylation is 1. The number of hydrogen-bond donors (Lipinski definition) is 0. The second kappa shape index (κ2) is 5.38. The van der Waals surface area contributed by atoms with E-state index in [4.69, 9.17) is 4.74 Å². The van der Waals surface area contributed by atoms with E-state index < -0.39 is 0 Å². The molecule has 3 rings (SSSR count). The highest BCUT2D eigenvalue weighted by atomic mass is 32.1. The van der Waals surface area contributed by atoms with Crippen LogP contribution in [0, 0.1) is 6.92 Å². The number of ether oxygens (including phenoxy) is 1. The first-order valence-electron chi connectivity index (χ1n) is 6.46. The molecule has 2 aromatic heterocycles. The number of thiophene rings is 2. The van der Waals surface area contributed by atoms with E-state index in [1.807, 2.05) is 32.0 Å². The number of esters is 1. The molecule has 0 saturated carbocycles. The Hall–Kier alpha value is -1.65. The quantitative estimate of drug-likeness (QED) is 0.628. The minimum absolute atomic E-state index is 0.210. The molecular weight excluding hydrogens is 288 g/mol. The molecular formula is C16H14O2S2. The van der Waals surface area contributed by atoms with Gasteiger partial charge in [-0.2, -0.15) is 0 Å². The Morgan fingerprint density at radius 3 is 2.65 bits per heavy atom. The third-order valence-electron chi connectivity index (χ3n) is 3.08. The molecule has 0 spiro atoms. The number of hydrogen-bond acceptors (Lipinski definition) is 4. The van der Waals surface area contributed by atoms with Gasteiger partial charge in [-0.15, -0.1) is 22.7 Å². The van der Waals surface area contributed by atoms with Gasteiger partial charge in [-0.3, -0.25) is 0 Å². The van der Waals surface area contributed by atoms with Crippen LogP contribution in [0.2, 0.25) is 0 Å². The van der Waals surface area contributed by atoms with E-state index in [2.05, 4.69) is 18.2 Å². The van der Waals surface area contributed by atoms with Gasteiger partial charge in [-0.1, -0.05) is 30.3 Å². The molecule has 0 bridgehead atoms. The van der Waals surface area contributed by atoms with E-state index in [9.17, 15) is 4.79 Å². The topological polar surface area (TPSA) is 26.3 Å². The molecule has 0 fully saturated rings. The summed E-state index contributed by atoms with van der Waals surface area (Å²) < 4.78 is 7.37. The molecule has 0 radical (unpaired) electrons. The molecule has 0 aliphatic rings. The zero-order valence-electron chi connectivity index (χ0n) is 11.3. The van der Waals surface area contributed by atoms with Crippen molar-refractivity contribution in [1.82, 2.24) is 0 Å². The molecule has 0 unspecified atom stereocenters. The average molecular weight is 302 g/mol. The monoisotopic (exact) mass is 302 g/mol. The van der Waals surface area contributed by atoms with E-state index in [0.717, 1.165) is 19.8 Å². The first-order chi connectivity index (χ1) is 9.70. The highest BCUT2D eigenvalue weighted by molar-refractivity contribution is 7.30. The van der Waals surface area contributed by atoms with Gasteiger partial charge in [0.15, 0.2) is 0 Å². The van der Waals surface area contributed by atoms with Crippen molar-refractivity contribution >= 4 is 38.0 Å². The van der Waals surface area contributed by atoms with Crippen molar-refractivity contribution in [2.45, 2.75) is 13.8 Å². The van der Waals surface area contributed by atoms with Crippen molar-refractivity contribution in [3.63, 3.8) is 0 Å². The Kier molecular flexibility index (Phi) is 3.59. The molecule has 0 aliphatic heterocycles. The number of benzene rings is 1. The van der Waals surface area contributed by atoms with Crippen molar-refractivity contribution in [2.24, 2.45) is 0 Å². The highest BCUT2D eigenvalue weighted by Crippen LogP contribution is 2.41. The lowest BCUT2D eigenvalue weighted by molar-refractivity contribution is 0.0528. The molecule has 0 N–H and O–H groups in total. The van der Waals surface area contributed by atoms with Crippen LogP contribution in [0.15, 0.2) is 36.4 Å². The molecule has 1 aromatic carbocycles. The largest absolute Gasteiger partial charge is 0.462 e. The van der Waals surface area contributed by atoms with Gasteiger partial charge in [-0.05, 0) is 25.5 Å². The average Bonchev–Trinajstić information content (AvgIpc) is 2.96. The van der Waals surface area contributed by atoms with E-state index in [1.54, 1.807) is 22.7 Å². The molecule has 2 heterocycles. The Bertz CT molecular complexity index is 753. The summed E-state index contributed by atoms with van der Waals surface area (Å²) in [7, 11) is 0. The van der Waals surface area contributed by atoms with Crippen LogP contribution < -0.4 is 0 Å². The zero-order chi connectivity index (χ0) is 14.1. The van der Waals surface area contributed by atoms with Gasteiger partial charge in [0.2, 0.25) is 0 Å². The normalized spacial score (nSPS) is 10.9. The van der Waals surface area contributed by atoms with E-state index >= 15 is 0 Å². The molecule has 0 saturated heterocycles. The summed E-state index contributed by atoms with van der Waals surface area (Å²) in [6, 6.07) is 12.4. The summed E-state index contributed by atoms with van der Waals surface area (Å²) in [4.78, 5) is 14.3. The van der Waals surface area contributed by atoms with Gasteiger partial charge < -0.3 is 4.74 Å². The van der Waals surface area contributed by atoms with Crippen molar-refractivity contribution in [1.29, 1.82) is 0 Å². The summed E-state index contributed by atoms with van der Waals surface area (Å²) in [6.45, 7) is 4.22. The van der Waals surface area contributed by atoms with Crippen molar-refractivity contribution < 1.29 is 9.53 Å². The van der Waals surface area contributed by atoms with Gasteiger partial charge in [0.25, 0.3) is 0 Å². The summed E-state index contributed by atoms with van der Waals surface area (Å²) in [6.07, 6.45) is 0. The van der Waals surface area contributed by atoms with Crippen molar-refractivity contribution in [3.05, 3.63) is 46.8 Å². The Morgan fingerprint density at radius 1 is 1.20 bits per heavy atom. The minimum atomic E-state index is -0.210. The van der Waals surface area contributed by atoms with Crippen LogP contribution in [-0.4, -0.2) is 12.6 Å². The zero-order valence-corrected chi connectivity index (χ0v) is 12.9. The second-order valence-corrected chi connectivity index (χ2v) is 6.73. The molecule has 20 heavy (non-hydrogen) atoms. The van der Waals surface area contributed by atoms with Crippen molar-refractivity contribution in [2.75, 3.05) is 6.61 Å². The van der Waals surface area contributed by atoms with Gasteiger partial charge in [-0.25, -0.2) is 4.79 Å². The maximum Gasteiger partial charge on any atom is 0.340 e. The van der Waals surface area contributed by atoms with E-state index in [1.165, 1.54) is 10.4 Å². The number of fused-ring (bicyclic) bond motifs is 1. The molecule has 102 valence electrons. The van der Waals surface area contributed by atoms with Crippen LogP contribution in [-0.2, 0) is 4.74 Å². The predicted octanol–water partition coefficient (Wildman–Crippen LogP) is 5.11. The Balaban J connectivity index is 2.11. The van der Waals surface area contributed by atoms with Crippen LogP contribution in [0.1, 0.15) is 22.2 Å². The molecule has 0 atom stereocenters. The van der Waals surface area contributed by atoms with Crippen LogP contribution in [0.4, 0.5) is 0 Å². The third-order valence-corrected chi connectivity index (χ3v) is 5.46. The number of carbonyl (C=O) groups is 1. The maximum atomic E-state index is 12.1. The maximum absolute atomic E-state index is 12.1. The Labute approximate surface area is 125 Å². The third kappa shape index (κ3) is 2.25. The van der Waals surface area contributed by atoms with Gasteiger partial charge in [0, 0.05) is 14.5 Å². The lowest BCUT2D eigenvalue weighted by Crippen LogP contribution is -2.04. The van der Waals surface area contributed by atoms with Crippen LogP contribution in [0.25, 0.3) is 19.8 Å². The van der Waals surface area contributed by atoms with E-state index in [0.29, 0.717) is 6.61 Å². The summed E-state index contributed by atoms with van der Waals surface area (Å²) in [5.41, 5.74) is 1.92. The summed E-state index contributed by atoms with van der Waals surface area (Å²) >= 11 is 3.32. The van der Waals surface area contributed by atoms with Gasteiger partial charge in [0.1, 0.15) is 0 Å². The molecule has 2 nitrogen and oxygen atoms in total. The van der Waals surface area contributed by atoms with Gasteiger partial charge in [0.05, 0.1) is 16.9 Å². The first kappa shape index (κ1) is 13.3. The molecule has 0 aliphatic carbocycles. The SMILES string of the molecule is CCOC(=O)c1c(C)sc2cc(-c3ccccc3)sc12. The first-order valence-corrected chi connectivity index (χ1v) is 8.09. The summed E-state index contributed by atoms with van der Waals surface area (Å²) in [5, 5.41) is 0. The van der Waals surface area contributed by atoms with Gasteiger partial charge >= 0.3 is 5.97 Å². The number of carbonyl (C=O) groups excluding carboxylic acids is 1. The highest BCUT2D eigenvalue weighted by Gasteiger charge is 2.20. The Morgan fingerprint density at radius 2 is 1.95 bits per heavy atom. The van der Waals surface area contributed by atoms with Crippen LogP contribution in [0.3, 0.4) is 0 Å². The number of rotatable bonds is 3. The fraction of sp³-hybridized carbons (Fsp3) is 0.188. The standard InChI is InChI=1S/C16H14O2S2/c1-3-18-16(17)14-10(2)19-13-9-12(20-15(13)14)11-7-5-4-6-8-11/h4-9H,3H2,1-2H3. The minimum Gasteiger partial charge on any atom is -0.462 e. The smallest absolute Gasteiger partial charge is 0.340 e. The van der Waals surface area contributed by atoms with Crippen molar-refractivity contribution in [3.8, 4) is 10.4 Å².